The lowest BCUT2D eigenvalue weighted by Crippen LogP contribution is -2.49. The summed E-state index contributed by atoms with van der Waals surface area (Å²) in [7, 11) is 0. The van der Waals surface area contributed by atoms with Crippen LogP contribution in [0.5, 0.6) is 0 Å². The predicted octanol–water partition coefficient (Wildman–Crippen LogP) is 1.81. The highest BCUT2D eigenvalue weighted by molar-refractivity contribution is 5.69. The molecule has 0 saturated carbocycles. The first kappa shape index (κ1) is 12.0. The Morgan fingerprint density at radius 3 is 2.80 bits per heavy atom. The van der Waals surface area contributed by atoms with Crippen LogP contribution in [0.25, 0.3) is 0 Å². The predicted molar refractivity (Wildman–Crippen MR) is 57.7 cm³/mol. The number of carbonyl (C=O) groups excluding carboxylic acids is 1. The van der Waals surface area contributed by atoms with E-state index in [0.717, 1.165) is 0 Å². The standard InChI is InChI=1S/C11H19NO3/c1-5-9-8-14-7-6-12(9)10(13)15-11(2,3)4/h5,9H,1,6-8H2,2-4H3/t9-/m1/s1. The van der Waals surface area contributed by atoms with Crippen LogP contribution in [-0.2, 0) is 9.47 Å². The largest absolute Gasteiger partial charge is 0.444 e. The van der Waals surface area contributed by atoms with Gasteiger partial charge in [-0.25, -0.2) is 4.79 Å². The lowest BCUT2D eigenvalue weighted by atomic mass is 10.2. The van der Waals surface area contributed by atoms with E-state index in [4.69, 9.17) is 9.47 Å². The Labute approximate surface area is 90.8 Å². The van der Waals surface area contributed by atoms with Gasteiger partial charge in [-0.2, -0.15) is 0 Å². The van der Waals surface area contributed by atoms with Crippen molar-refractivity contribution in [2.75, 3.05) is 19.8 Å². The van der Waals surface area contributed by atoms with Crippen molar-refractivity contribution >= 4 is 6.09 Å². The number of ether oxygens (including phenoxy) is 2. The Morgan fingerprint density at radius 2 is 2.27 bits per heavy atom. The summed E-state index contributed by atoms with van der Waals surface area (Å²) < 4.78 is 10.6. The number of hydrogen-bond donors (Lipinski definition) is 0. The van der Waals surface area contributed by atoms with E-state index in [1.54, 1.807) is 11.0 Å². The van der Waals surface area contributed by atoms with Crippen molar-refractivity contribution in [1.82, 2.24) is 4.90 Å². The maximum absolute atomic E-state index is 11.8. The molecule has 0 aromatic rings. The number of carbonyl (C=O) groups is 1. The van der Waals surface area contributed by atoms with Crippen molar-refractivity contribution in [3.63, 3.8) is 0 Å². The molecule has 15 heavy (non-hydrogen) atoms. The maximum atomic E-state index is 11.8. The van der Waals surface area contributed by atoms with Crippen LogP contribution >= 0.6 is 0 Å². The summed E-state index contributed by atoms with van der Waals surface area (Å²) in [6.07, 6.45) is 1.42. The lowest BCUT2D eigenvalue weighted by molar-refractivity contribution is -0.0216. The van der Waals surface area contributed by atoms with Crippen molar-refractivity contribution in [2.24, 2.45) is 0 Å². The van der Waals surface area contributed by atoms with Crippen LogP contribution in [0, 0.1) is 0 Å². The smallest absolute Gasteiger partial charge is 0.410 e. The number of hydrogen-bond acceptors (Lipinski definition) is 3. The topological polar surface area (TPSA) is 38.8 Å². The SMILES string of the molecule is C=C[C@@H]1COCCN1C(=O)OC(C)(C)C. The Kier molecular flexibility index (Phi) is 3.74. The fraction of sp³-hybridized carbons (Fsp3) is 0.727. The normalized spacial score (nSPS) is 22.3. The van der Waals surface area contributed by atoms with Crippen LogP contribution in [0.15, 0.2) is 12.7 Å². The Hall–Kier alpha value is -1.03. The molecule has 0 aromatic carbocycles. The second-order valence-electron chi connectivity index (χ2n) is 4.55. The molecule has 1 rings (SSSR count). The summed E-state index contributed by atoms with van der Waals surface area (Å²) in [6.45, 7) is 10.9. The van der Waals surface area contributed by atoms with E-state index in [-0.39, 0.29) is 12.1 Å². The third-order valence-corrected chi connectivity index (χ3v) is 2.07. The van der Waals surface area contributed by atoms with Gasteiger partial charge in [0.2, 0.25) is 0 Å². The molecular formula is C11H19NO3. The summed E-state index contributed by atoms with van der Waals surface area (Å²) in [4.78, 5) is 13.4. The molecule has 0 spiro atoms. The van der Waals surface area contributed by atoms with Gasteiger partial charge in [0.05, 0.1) is 19.3 Å². The van der Waals surface area contributed by atoms with Gasteiger partial charge in [0, 0.05) is 6.54 Å². The average molecular weight is 213 g/mol. The van der Waals surface area contributed by atoms with Crippen molar-refractivity contribution in [3.8, 4) is 0 Å². The lowest BCUT2D eigenvalue weighted by Gasteiger charge is -2.34. The number of rotatable bonds is 1. The molecule has 1 heterocycles. The van der Waals surface area contributed by atoms with E-state index in [1.807, 2.05) is 20.8 Å². The Morgan fingerprint density at radius 1 is 1.60 bits per heavy atom. The first-order chi connectivity index (χ1) is 6.94. The zero-order valence-electron chi connectivity index (χ0n) is 9.66. The van der Waals surface area contributed by atoms with Crippen molar-refractivity contribution < 1.29 is 14.3 Å². The van der Waals surface area contributed by atoms with Gasteiger partial charge >= 0.3 is 6.09 Å². The quantitative estimate of drug-likeness (QED) is 0.623. The molecule has 0 radical (unpaired) electrons. The Balaban J connectivity index is 2.60. The number of amides is 1. The molecule has 86 valence electrons. The minimum absolute atomic E-state index is 0.0754. The zero-order valence-corrected chi connectivity index (χ0v) is 9.66. The fourth-order valence-corrected chi connectivity index (χ4v) is 1.37. The third kappa shape index (κ3) is 3.55. The zero-order chi connectivity index (χ0) is 11.5. The van der Waals surface area contributed by atoms with Crippen molar-refractivity contribution in [2.45, 2.75) is 32.4 Å². The summed E-state index contributed by atoms with van der Waals surface area (Å²) in [5.41, 5.74) is -0.457. The highest BCUT2D eigenvalue weighted by Gasteiger charge is 2.28. The van der Waals surface area contributed by atoms with E-state index in [0.29, 0.717) is 19.8 Å². The van der Waals surface area contributed by atoms with Gasteiger partial charge in [0.1, 0.15) is 5.60 Å². The van der Waals surface area contributed by atoms with Crippen LogP contribution in [0.1, 0.15) is 20.8 Å². The van der Waals surface area contributed by atoms with E-state index in [2.05, 4.69) is 6.58 Å². The van der Waals surface area contributed by atoms with Gasteiger partial charge in [-0.15, -0.1) is 6.58 Å². The Bertz CT molecular complexity index is 245. The molecule has 1 aliphatic rings. The fourth-order valence-electron chi connectivity index (χ4n) is 1.37. The molecule has 0 N–H and O–H groups in total. The van der Waals surface area contributed by atoms with Gasteiger partial charge in [-0.3, -0.25) is 4.90 Å². The van der Waals surface area contributed by atoms with Gasteiger partial charge in [-0.1, -0.05) is 6.08 Å². The second kappa shape index (κ2) is 4.66. The number of nitrogens with zero attached hydrogens (tertiary/aromatic N) is 1. The van der Waals surface area contributed by atoms with E-state index < -0.39 is 5.60 Å². The van der Waals surface area contributed by atoms with Crippen molar-refractivity contribution in [3.05, 3.63) is 12.7 Å². The highest BCUT2D eigenvalue weighted by Crippen LogP contribution is 2.14. The summed E-state index contributed by atoms with van der Waals surface area (Å²) in [6, 6.07) is -0.0754. The molecule has 0 aliphatic carbocycles. The first-order valence-electron chi connectivity index (χ1n) is 5.14. The molecule has 1 amide bonds. The van der Waals surface area contributed by atoms with Crippen LogP contribution in [-0.4, -0.2) is 42.4 Å². The number of morpholine rings is 1. The first-order valence-corrected chi connectivity index (χ1v) is 5.14. The molecule has 4 heteroatoms. The minimum atomic E-state index is -0.457. The van der Waals surface area contributed by atoms with Crippen LogP contribution < -0.4 is 0 Å². The minimum Gasteiger partial charge on any atom is -0.444 e. The third-order valence-electron chi connectivity index (χ3n) is 2.07. The van der Waals surface area contributed by atoms with Gasteiger partial charge in [0.15, 0.2) is 0 Å². The van der Waals surface area contributed by atoms with Gasteiger partial charge in [-0.05, 0) is 20.8 Å². The molecule has 1 fully saturated rings. The maximum Gasteiger partial charge on any atom is 0.410 e. The average Bonchev–Trinajstić information content (AvgIpc) is 2.15. The highest BCUT2D eigenvalue weighted by atomic mass is 16.6. The van der Waals surface area contributed by atoms with Crippen LogP contribution in [0.4, 0.5) is 4.79 Å². The molecular weight excluding hydrogens is 194 g/mol. The second-order valence-corrected chi connectivity index (χ2v) is 4.55. The monoisotopic (exact) mass is 213 g/mol. The molecule has 1 saturated heterocycles. The van der Waals surface area contributed by atoms with Crippen LogP contribution in [0.3, 0.4) is 0 Å². The van der Waals surface area contributed by atoms with Gasteiger partial charge < -0.3 is 9.47 Å². The molecule has 4 nitrogen and oxygen atoms in total. The summed E-state index contributed by atoms with van der Waals surface area (Å²) >= 11 is 0. The van der Waals surface area contributed by atoms with E-state index in [1.165, 1.54) is 0 Å². The van der Waals surface area contributed by atoms with E-state index in [9.17, 15) is 4.79 Å². The van der Waals surface area contributed by atoms with Gasteiger partial charge in [0.25, 0.3) is 0 Å². The van der Waals surface area contributed by atoms with Crippen molar-refractivity contribution in [1.29, 1.82) is 0 Å². The van der Waals surface area contributed by atoms with E-state index >= 15 is 0 Å². The molecule has 0 aromatic heterocycles. The van der Waals surface area contributed by atoms with Crippen LogP contribution in [0.2, 0.25) is 0 Å². The molecule has 0 bridgehead atoms. The molecule has 1 atom stereocenters. The summed E-state index contributed by atoms with van der Waals surface area (Å²) in [5, 5.41) is 0. The summed E-state index contributed by atoms with van der Waals surface area (Å²) in [5.74, 6) is 0. The molecule has 1 aliphatic heterocycles. The molecule has 0 unspecified atom stereocenters.